The van der Waals surface area contributed by atoms with E-state index < -0.39 is 0 Å². The summed E-state index contributed by atoms with van der Waals surface area (Å²) < 4.78 is 10.5. The van der Waals surface area contributed by atoms with Crippen molar-refractivity contribution < 1.29 is 14.3 Å². The number of aromatic nitrogens is 1. The van der Waals surface area contributed by atoms with Gasteiger partial charge in [-0.25, -0.2) is 9.78 Å². The maximum Gasteiger partial charge on any atom is 0.356 e. The van der Waals surface area contributed by atoms with Gasteiger partial charge in [-0.1, -0.05) is 18.2 Å². The molecule has 1 aliphatic carbocycles. The first-order chi connectivity index (χ1) is 11.2. The predicted molar refractivity (Wildman–Crippen MR) is 85.2 cm³/mol. The first-order valence-electron chi connectivity index (χ1n) is 7.93. The highest BCUT2D eigenvalue weighted by Gasteiger charge is 2.50. The predicted octanol–water partition coefficient (Wildman–Crippen LogP) is 1.84. The molecular formula is C18H20N2O3. The van der Waals surface area contributed by atoms with Crippen molar-refractivity contribution in [3.63, 3.8) is 0 Å². The van der Waals surface area contributed by atoms with Crippen molar-refractivity contribution in [3.8, 4) is 0 Å². The Morgan fingerprint density at radius 1 is 1.43 bits per heavy atom. The van der Waals surface area contributed by atoms with Crippen LogP contribution < -0.4 is 0 Å². The second-order valence-electron chi connectivity index (χ2n) is 6.27. The lowest BCUT2D eigenvalue weighted by Gasteiger charge is -2.48. The van der Waals surface area contributed by atoms with Gasteiger partial charge in [-0.2, -0.15) is 0 Å². The Balaban J connectivity index is 1.88. The van der Waals surface area contributed by atoms with Crippen molar-refractivity contribution in [2.75, 3.05) is 27.3 Å². The van der Waals surface area contributed by atoms with Crippen LogP contribution in [-0.4, -0.2) is 49.3 Å². The SMILES string of the molecule is COC(=O)c1cc2c(cn1)CCN1CC=C3C=CC(OC)CC321. The highest BCUT2D eigenvalue weighted by Crippen LogP contribution is 2.50. The lowest BCUT2D eigenvalue weighted by atomic mass is 9.71. The summed E-state index contributed by atoms with van der Waals surface area (Å²) in [4.78, 5) is 18.7. The normalized spacial score (nSPS) is 28.6. The Hall–Kier alpha value is -1.98. The summed E-state index contributed by atoms with van der Waals surface area (Å²) in [6.45, 7) is 1.93. The van der Waals surface area contributed by atoms with Gasteiger partial charge in [0.2, 0.25) is 0 Å². The summed E-state index contributed by atoms with van der Waals surface area (Å²) in [5, 5.41) is 0. The number of ether oxygens (including phenoxy) is 2. The molecule has 0 fully saturated rings. The number of carbonyl (C=O) groups is 1. The van der Waals surface area contributed by atoms with E-state index in [4.69, 9.17) is 9.47 Å². The highest BCUT2D eigenvalue weighted by atomic mass is 16.5. The quantitative estimate of drug-likeness (QED) is 0.780. The third-order valence-corrected chi connectivity index (χ3v) is 5.32. The van der Waals surface area contributed by atoms with Crippen molar-refractivity contribution in [2.24, 2.45) is 0 Å². The Labute approximate surface area is 135 Å². The molecule has 5 nitrogen and oxygen atoms in total. The molecule has 0 amide bonds. The molecule has 23 heavy (non-hydrogen) atoms. The minimum absolute atomic E-state index is 0.0773. The molecule has 4 rings (SSSR count). The molecule has 0 bridgehead atoms. The van der Waals surface area contributed by atoms with E-state index in [1.807, 2.05) is 12.3 Å². The molecule has 1 aromatic heterocycles. The van der Waals surface area contributed by atoms with Crippen LogP contribution in [0.1, 0.15) is 28.0 Å². The zero-order valence-electron chi connectivity index (χ0n) is 13.4. The fourth-order valence-corrected chi connectivity index (χ4v) is 4.16. The minimum Gasteiger partial charge on any atom is -0.464 e. The molecule has 0 N–H and O–H groups in total. The van der Waals surface area contributed by atoms with Crippen LogP contribution in [0.2, 0.25) is 0 Å². The number of rotatable bonds is 2. The molecule has 2 atom stereocenters. The first-order valence-corrected chi connectivity index (χ1v) is 7.93. The smallest absolute Gasteiger partial charge is 0.356 e. The van der Waals surface area contributed by atoms with Crippen LogP contribution in [0.5, 0.6) is 0 Å². The Morgan fingerprint density at radius 3 is 3.09 bits per heavy atom. The van der Waals surface area contributed by atoms with Gasteiger partial charge < -0.3 is 9.47 Å². The average molecular weight is 312 g/mol. The van der Waals surface area contributed by atoms with Crippen molar-refractivity contribution in [2.45, 2.75) is 24.5 Å². The van der Waals surface area contributed by atoms with E-state index in [1.54, 1.807) is 7.11 Å². The summed E-state index contributed by atoms with van der Waals surface area (Å²) in [7, 11) is 3.13. The largest absolute Gasteiger partial charge is 0.464 e. The van der Waals surface area contributed by atoms with E-state index in [2.05, 4.69) is 28.1 Å². The molecule has 0 saturated carbocycles. The van der Waals surface area contributed by atoms with E-state index in [-0.39, 0.29) is 17.6 Å². The molecule has 3 aliphatic rings. The van der Waals surface area contributed by atoms with Crippen molar-refractivity contribution >= 4 is 5.97 Å². The van der Waals surface area contributed by atoms with E-state index in [0.29, 0.717) is 5.69 Å². The van der Waals surface area contributed by atoms with Gasteiger partial charge in [0.1, 0.15) is 5.69 Å². The van der Waals surface area contributed by atoms with Crippen LogP contribution in [-0.2, 0) is 21.4 Å². The minimum atomic E-state index is -0.389. The van der Waals surface area contributed by atoms with Gasteiger partial charge in [0.05, 0.1) is 18.8 Å². The third kappa shape index (κ3) is 2.00. The lowest BCUT2D eigenvalue weighted by molar-refractivity contribution is 0.0509. The topological polar surface area (TPSA) is 51.7 Å². The zero-order chi connectivity index (χ0) is 16.0. The van der Waals surface area contributed by atoms with Gasteiger partial charge in [0.15, 0.2) is 0 Å². The standard InChI is InChI=1S/C18H20N2O3/c1-22-14-4-3-13-6-8-20-7-5-12-11-19-16(17(21)23-2)9-15(12)18(13,20)10-14/h3-4,6,9,11,14H,5,7-8,10H2,1-2H3. The molecular weight excluding hydrogens is 292 g/mol. The summed E-state index contributed by atoms with van der Waals surface area (Å²) in [6, 6.07) is 1.92. The van der Waals surface area contributed by atoms with E-state index in [9.17, 15) is 4.79 Å². The van der Waals surface area contributed by atoms with Crippen molar-refractivity contribution in [3.05, 3.63) is 52.9 Å². The zero-order valence-corrected chi connectivity index (χ0v) is 13.4. The average Bonchev–Trinajstić information content (AvgIpc) is 2.99. The number of pyridine rings is 1. The number of nitrogens with zero attached hydrogens (tertiary/aromatic N) is 2. The molecule has 2 unspecified atom stereocenters. The van der Waals surface area contributed by atoms with Crippen molar-refractivity contribution in [1.29, 1.82) is 0 Å². The molecule has 0 saturated heterocycles. The first kappa shape index (κ1) is 14.6. The number of esters is 1. The van der Waals surface area contributed by atoms with E-state index >= 15 is 0 Å². The van der Waals surface area contributed by atoms with Gasteiger partial charge in [-0.15, -0.1) is 0 Å². The van der Waals surface area contributed by atoms with Gasteiger partial charge in [-0.05, 0) is 29.2 Å². The number of carbonyl (C=O) groups excluding carboxylic acids is 1. The summed E-state index contributed by atoms with van der Waals surface area (Å²) in [5.74, 6) is -0.389. The summed E-state index contributed by atoms with van der Waals surface area (Å²) in [6.07, 6.45) is 10.3. The van der Waals surface area contributed by atoms with Crippen molar-refractivity contribution in [1.82, 2.24) is 9.88 Å². The molecule has 0 radical (unpaired) electrons. The van der Waals surface area contributed by atoms with E-state index in [1.165, 1.54) is 23.8 Å². The highest BCUT2D eigenvalue weighted by molar-refractivity contribution is 5.87. The van der Waals surface area contributed by atoms with Gasteiger partial charge in [0, 0.05) is 32.8 Å². The Morgan fingerprint density at radius 2 is 2.30 bits per heavy atom. The second-order valence-corrected chi connectivity index (χ2v) is 6.27. The summed E-state index contributed by atoms with van der Waals surface area (Å²) in [5.41, 5.74) is 3.86. The Bertz CT molecular complexity index is 725. The van der Waals surface area contributed by atoms with Gasteiger partial charge in [-0.3, -0.25) is 4.90 Å². The summed E-state index contributed by atoms with van der Waals surface area (Å²) >= 11 is 0. The fourth-order valence-electron chi connectivity index (χ4n) is 4.16. The van der Waals surface area contributed by atoms with Crippen LogP contribution >= 0.6 is 0 Å². The molecule has 0 aromatic carbocycles. The Kier molecular flexibility index (Phi) is 3.36. The number of fused-ring (bicyclic) bond motifs is 1. The van der Waals surface area contributed by atoms with Gasteiger partial charge in [0.25, 0.3) is 0 Å². The number of hydrogen-bond acceptors (Lipinski definition) is 5. The van der Waals surface area contributed by atoms with Crippen LogP contribution in [0.3, 0.4) is 0 Å². The number of hydrogen-bond donors (Lipinski definition) is 0. The lowest BCUT2D eigenvalue weighted by Crippen LogP contribution is -2.51. The monoisotopic (exact) mass is 312 g/mol. The van der Waals surface area contributed by atoms with Crippen LogP contribution in [0, 0.1) is 0 Å². The van der Waals surface area contributed by atoms with Crippen LogP contribution in [0.25, 0.3) is 0 Å². The molecule has 120 valence electrons. The molecule has 1 spiro atoms. The molecule has 1 aromatic rings. The van der Waals surface area contributed by atoms with Gasteiger partial charge >= 0.3 is 5.97 Å². The third-order valence-electron chi connectivity index (χ3n) is 5.32. The molecule has 2 aliphatic heterocycles. The molecule has 5 heteroatoms. The number of methoxy groups -OCH3 is 2. The molecule has 3 heterocycles. The fraction of sp³-hybridized carbons (Fsp3) is 0.444. The second kappa shape index (κ2) is 5.28. The maximum absolute atomic E-state index is 11.9. The van der Waals surface area contributed by atoms with Crippen LogP contribution in [0.15, 0.2) is 36.1 Å². The maximum atomic E-state index is 11.9. The van der Waals surface area contributed by atoms with E-state index in [0.717, 1.165) is 25.9 Å². The van der Waals surface area contributed by atoms with Crippen LogP contribution in [0.4, 0.5) is 0 Å².